The molecule has 2 amide bonds. The van der Waals surface area contributed by atoms with Crippen LogP contribution in [0.2, 0.25) is 0 Å². The molecule has 3 N–H and O–H groups in total. The molecule has 6 heteroatoms. The number of alkyl carbamates (subject to hydrolysis) is 1. The van der Waals surface area contributed by atoms with E-state index in [4.69, 9.17) is 10.5 Å². The van der Waals surface area contributed by atoms with Gasteiger partial charge in [0.1, 0.15) is 5.60 Å². The lowest BCUT2D eigenvalue weighted by atomic mass is 9.82. The molecule has 0 aromatic rings. The van der Waals surface area contributed by atoms with E-state index < -0.39 is 0 Å². The molecule has 0 aromatic carbocycles. The lowest BCUT2D eigenvalue weighted by Gasteiger charge is -2.37. The monoisotopic (exact) mass is 325 g/mol. The molecule has 0 unspecified atom stereocenters. The van der Waals surface area contributed by atoms with E-state index in [1.165, 1.54) is 6.42 Å². The van der Waals surface area contributed by atoms with Gasteiger partial charge in [-0.15, -0.1) is 0 Å². The van der Waals surface area contributed by atoms with Crippen molar-refractivity contribution >= 4 is 12.0 Å². The Hall–Kier alpha value is -1.30. The lowest BCUT2D eigenvalue weighted by molar-refractivity contribution is -0.134. The van der Waals surface area contributed by atoms with Crippen LogP contribution in [0.5, 0.6) is 0 Å². The second kappa shape index (κ2) is 7.51. The number of rotatable bonds is 3. The average molecular weight is 325 g/mol. The highest BCUT2D eigenvalue weighted by Gasteiger charge is 2.35. The van der Waals surface area contributed by atoms with E-state index in [0.29, 0.717) is 6.42 Å². The SMILES string of the molecule is CN(C)C(=O)[C@H]1CC[C@H](NC(=O)OC2(C)CCCCC2)[C@H](N)C1. The lowest BCUT2D eigenvalue weighted by Crippen LogP contribution is -2.53. The Kier molecular flexibility index (Phi) is 5.89. The summed E-state index contributed by atoms with van der Waals surface area (Å²) >= 11 is 0. The fraction of sp³-hybridized carbons (Fsp3) is 0.882. The molecule has 0 aliphatic heterocycles. The van der Waals surface area contributed by atoms with Gasteiger partial charge in [0.05, 0.1) is 0 Å². The second-order valence-corrected chi connectivity index (χ2v) is 7.56. The van der Waals surface area contributed by atoms with Gasteiger partial charge in [0, 0.05) is 32.1 Å². The zero-order valence-electron chi connectivity index (χ0n) is 14.6. The zero-order valence-corrected chi connectivity index (χ0v) is 14.6. The van der Waals surface area contributed by atoms with Gasteiger partial charge in [0.25, 0.3) is 0 Å². The van der Waals surface area contributed by atoms with Crippen molar-refractivity contribution in [3.05, 3.63) is 0 Å². The summed E-state index contributed by atoms with van der Waals surface area (Å²) < 4.78 is 5.66. The van der Waals surface area contributed by atoms with Crippen LogP contribution in [-0.4, -0.2) is 48.7 Å². The molecule has 23 heavy (non-hydrogen) atoms. The van der Waals surface area contributed by atoms with Crippen LogP contribution in [0.4, 0.5) is 4.79 Å². The summed E-state index contributed by atoms with van der Waals surface area (Å²) in [5.41, 5.74) is 5.84. The van der Waals surface area contributed by atoms with Crippen molar-refractivity contribution in [1.82, 2.24) is 10.2 Å². The number of hydrogen-bond acceptors (Lipinski definition) is 4. The van der Waals surface area contributed by atoms with E-state index in [1.54, 1.807) is 19.0 Å². The second-order valence-electron chi connectivity index (χ2n) is 7.56. The topological polar surface area (TPSA) is 84.7 Å². The minimum Gasteiger partial charge on any atom is -0.443 e. The molecule has 2 rings (SSSR count). The first-order valence-electron chi connectivity index (χ1n) is 8.77. The van der Waals surface area contributed by atoms with Crippen molar-refractivity contribution in [2.45, 2.75) is 76.0 Å². The molecule has 0 aromatic heterocycles. The molecule has 2 fully saturated rings. The van der Waals surface area contributed by atoms with Gasteiger partial charge in [-0.1, -0.05) is 6.42 Å². The van der Waals surface area contributed by atoms with Crippen molar-refractivity contribution in [2.75, 3.05) is 14.1 Å². The van der Waals surface area contributed by atoms with E-state index in [0.717, 1.165) is 38.5 Å². The third-order valence-electron chi connectivity index (χ3n) is 5.24. The minimum atomic E-state index is -0.368. The number of carbonyl (C=O) groups excluding carboxylic acids is 2. The average Bonchev–Trinajstić information content (AvgIpc) is 2.48. The van der Waals surface area contributed by atoms with Gasteiger partial charge < -0.3 is 20.7 Å². The Morgan fingerprint density at radius 2 is 1.83 bits per heavy atom. The van der Waals surface area contributed by atoms with E-state index in [9.17, 15) is 9.59 Å². The van der Waals surface area contributed by atoms with Gasteiger partial charge in [-0.2, -0.15) is 0 Å². The third-order valence-corrected chi connectivity index (χ3v) is 5.24. The number of carbonyl (C=O) groups is 2. The van der Waals surface area contributed by atoms with Crippen LogP contribution in [-0.2, 0) is 9.53 Å². The molecule has 6 nitrogen and oxygen atoms in total. The summed E-state index contributed by atoms with van der Waals surface area (Å²) in [6.07, 6.45) is 7.01. The standard InChI is InChI=1S/C17H31N3O3/c1-17(9-5-4-6-10-17)23-16(22)19-14-8-7-12(11-13(14)18)15(21)20(2)3/h12-14H,4-11,18H2,1-3H3,(H,19,22)/t12-,13+,14-/m0/s1. The Balaban J connectivity index is 1.82. The molecule has 3 atom stereocenters. The highest BCUT2D eigenvalue weighted by Crippen LogP contribution is 2.31. The van der Waals surface area contributed by atoms with E-state index in [-0.39, 0.29) is 35.6 Å². The summed E-state index contributed by atoms with van der Waals surface area (Å²) in [5, 5.41) is 2.92. The van der Waals surface area contributed by atoms with Crippen LogP contribution in [0.3, 0.4) is 0 Å². The molecular formula is C17H31N3O3. The quantitative estimate of drug-likeness (QED) is 0.831. The van der Waals surface area contributed by atoms with Gasteiger partial charge in [0.15, 0.2) is 0 Å². The van der Waals surface area contributed by atoms with Crippen LogP contribution in [0.15, 0.2) is 0 Å². The van der Waals surface area contributed by atoms with Gasteiger partial charge in [-0.3, -0.25) is 4.79 Å². The largest absolute Gasteiger partial charge is 0.443 e. The van der Waals surface area contributed by atoms with Crippen LogP contribution >= 0.6 is 0 Å². The van der Waals surface area contributed by atoms with Gasteiger partial charge in [-0.25, -0.2) is 4.79 Å². The molecule has 2 aliphatic rings. The van der Waals surface area contributed by atoms with Crippen molar-refractivity contribution in [3.8, 4) is 0 Å². The number of amides is 2. The molecule has 2 aliphatic carbocycles. The maximum atomic E-state index is 12.2. The molecular weight excluding hydrogens is 294 g/mol. The molecule has 132 valence electrons. The van der Waals surface area contributed by atoms with Crippen LogP contribution < -0.4 is 11.1 Å². The van der Waals surface area contributed by atoms with Crippen molar-refractivity contribution in [1.29, 1.82) is 0 Å². The predicted molar refractivity (Wildman–Crippen MR) is 88.9 cm³/mol. The van der Waals surface area contributed by atoms with Gasteiger partial charge >= 0.3 is 6.09 Å². The van der Waals surface area contributed by atoms with Crippen molar-refractivity contribution < 1.29 is 14.3 Å². The summed E-state index contributed by atoms with van der Waals surface area (Å²) in [7, 11) is 3.53. The first kappa shape index (κ1) is 18.0. The first-order chi connectivity index (χ1) is 10.8. The number of ether oxygens (including phenoxy) is 1. The van der Waals surface area contributed by atoms with Gasteiger partial charge in [0.2, 0.25) is 5.91 Å². The van der Waals surface area contributed by atoms with Crippen molar-refractivity contribution in [3.63, 3.8) is 0 Å². The number of hydrogen-bond donors (Lipinski definition) is 2. The summed E-state index contributed by atoms with van der Waals surface area (Å²) in [6, 6.07) is -0.315. The highest BCUT2D eigenvalue weighted by molar-refractivity contribution is 5.78. The van der Waals surface area contributed by atoms with E-state index in [1.807, 2.05) is 6.92 Å². The van der Waals surface area contributed by atoms with Crippen LogP contribution in [0, 0.1) is 5.92 Å². The molecule has 0 saturated heterocycles. The highest BCUT2D eigenvalue weighted by atomic mass is 16.6. The number of nitrogens with two attached hydrogens (primary N) is 1. The smallest absolute Gasteiger partial charge is 0.407 e. The van der Waals surface area contributed by atoms with Crippen LogP contribution in [0.25, 0.3) is 0 Å². The minimum absolute atomic E-state index is 0.0371. The summed E-state index contributed by atoms with van der Waals surface area (Å²) in [4.78, 5) is 25.8. The number of nitrogens with zero attached hydrogens (tertiary/aromatic N) is 1. The molecule has 0 radical (unpaired) electrons. The fourth-order valence-electron chi connectivity index (χ4n) is 3.78. The van der Waals surface area contributed by atoms with Crippen LogP contribution in [0.1, 0.15) is 58.3 Å². The maximum Gasteiger partial charge on any atom is 0.407 e. The normalized spacial score (nSPS) is 30.3. The van der Waals surface area contributed by atoms with Crippen molar-refractivity contribution in [2.24, 2.45) is 11.7 Å². The van der Waals surface area contributed by atoms with Gasteiger partial charge in [-0.05, 0) is 51.9 Å². The molecule has 0 heterocycles. The molecule has 2 saturated carbocycles. The first-order valence-corrected chi connectivity index (χ1v) is 8.77. The summed E-state index contributed by atoms with van der Waals surface area (Å²) in [5.74, 6) is 0.0844. The number of nitrogens with one attached hydrogen (secondary N) is 1. The maximum absolute atomic E-state index is 12.2. The Morgan fingerprint density at radius 3 is 2.39 bits per heavy atom. The predicted octanol–water partition coefficient (Wildman–Crippen LogP) is 2.02. The fourth-order valence-corrected chi connectivity index (χ4v) is 3.78. The Morgan fingerprint density at radius 1 is 1.17 bits per heavy atom. The Bertz CT molecular complexity index is 433. The zero-order chi connectivity index (χ0) is 17.0. The molecule has 0 spiro atoms. The third kappa shape index (κ3) is 4.83. The molecule has 0 bridgehead atoms. The summed E-state index contributed by atoms with van der Waals surface area (Å²) in [6.45, 7) is 2.01. The van der Waals surface area contributed by atoms with E-state index in [2.05, 4.69) is 5.32 Å². The van der Waals surface area contributed by atoms with E-state index >= 15 is 0 Å². The Labute approximate surface area is 139 Å².